The number of hydrogen-bond donors (Lipinski definition) is 0. The molecule has 7 aliphatic heterocycles. The molecule has 0 N–H and O–H groups in total. The van der Waals surface area contributed by atoms with Crippen LogP contribution in [0.25, 0.3) is 0 Å². The molecule has 0 saturated carbocycles. The molecule has 12 atom stereocenters. The Kier molecular flexibility index (Phi) is 8.04. The zero-order valence-electron chi connectivity index (χ0n) is 24.9. The van der Waals surface area contributed by atoms with Gasteiger partial charge < -0.3 is 42.6 Å². The number of alkyl halides is 1. The van der Waals surface area contributed by atoms with Gasteiger partial charge in [-0.3, -0.25) is 4.79 Å². The van der Waals surface area contributed by atoms with Gasteiger partial charge in [-0.25, -0.2) is 0 Å². The smallest absolute Gasteiger partial charge is 0.308 e. The van der Waals surface area contributed by atoms with E-state index in [2.05, 4.69) is 13.5 Å². The molecular formula is C32H41ClO10. The number of carbonyl (C=O) groups is 1. The van der Waals surface area contributed by atoms with Crippen molar-refractivity contribution in [2.75, 3.05) is 14.2 Å². The van der Waals surface area contributed by atoms with Gasteiger partial charge in [0, 0.05) is 17.4 Å². The van der Waals surface area contributed by atoms with Crippen LogP contribution >= 0.6 is 11.6 Å². The Labute approximate surface area is 257 Å². The molecule has 1 spiro atoms. The zero-order chi connectivity index (χ0) is 29.9. The Morgan fingerprint density at radius 3 is 2.56 bits per heavy atom. The largest absolute Gasteiger partial charge is 0.497 e. The Hall–Kier alpha value is -1.76. The number of allylic oxidation sites excluding steroid dienone is 1. The first-order valence-corrected chi connectivity index (χ1v) is 15.9. The molecule has 1 aromatic carbocycles. The lowest BCUT2D eigenvalue weighted by Crippen LogP contribution is -2.63. The van der Waals surface area contributed by atoms with Gasteiger partial charge in [-0.1, -0.05) is 37.6 Å². The Morgan fingerprint density at radius 1 is 1.02 bits per heavy atom. The fraction of sp³-hybridized carbons (Fsp3) is 0.719. The molecule has 8 rings (SSSR count). The average Bonchev–Trinajstić information content (AvgIpc) is 3.56. The molecular weight excluding hydrogens is 580 g/mol. The Balaban J connectivity index is 1.20. The quantitative estimate of drug-likeness (QED) is 0.196. The normalized spacial score (nSPS) is 42.7. The van der Waals surface area contributed by atoms with E-state index in [4.69, 9.17) is 54.2 Å². The number of ether oxygens (including phenoxy) is 9. The summed E-state index contributed by atoms with van der Waals surface area (Å²) in [5.74, 6) is -2.09. The summed E-state index contributed by atoms with van der Waals surface area (Å²) >= 11 is 7.06. The van der Waals surface area contributed by atoms with Gasteiger partial charge >= 0.3 is 5.97 Å². The second-order valence-electron chi connectivity index (χ2n) is 12.6. The summed E-state index contributed by atoms with van der Waals surface area (Å²) in [4.78, 5) is 12.1. The van der Waals surface area contributed by atoms with Crippen molar-refractivity contribution in [1.82, 2.24) is 0 Å². The van der Waals surface area contributed by atoms with Crippen LogP contribution in [0.5, 0.6) is 5.75 Å². The highest BCUT2D eigenvalue weighted by Crippen LogP contribution is 2.64. The molecule has 11 heteroatoms. The van der Waals surface area contributed by atoms with Crippen LogP contribution in [0.15, 0.2) is 36.4 Å². The van der Waals surface area contributed by atoms with Crippen molar-refractivity contribution in [2.24, 2.45) is 0 Å². The summed E-state index contributed by atoms with van der Waals surface area (Å²) in [5, 5.41) is -0.324. The molecule has 0 aliphatic carbocycles. The van der Waals surface area contributed by atoms with E-state index in [0.29, 0.717) is 25.7 Å². The lowest BCUT2D eigenvalue weighted by molar-refractivity contribution is -0.328. The number of halogens is 1. The van der Waals surface area contributed by atoms with Crippen molar-refractivity contribution in [3.05, 3.63) is 42.0 Å². The highest BCUT2D eigenvalue weighted by Gasteiger charge is 2.83. The first-order valence-electron chi connectivity index (χ1n) is 15.5. The average molecular weight is 621 g/mol. The highest BCUT2D eigenvalue weighted by atomic mass is 35.5. The molecule has 0 amide bonds. The van der Waals surface area contributed by atoms with Crippen LogP contribution in [0.4, 0.5) is 0 Å². The number of rotatable bonds is 11. The van der Waals surface area contributed by atoms with Crippen molar-refractivity contribution in [3.8, 4) is 5.75 Å². The standard InChI is InChI=1S/C32H41ClO10/c1-5-6-7-17(2)14-19(33)16-31-30-32(43-29(39-30)18-8-10-20(35-3)11-9-18)28(42-31)27-26(41-32)25(40-31)24-22(38-27)13-12-21(37-24)15-23(34)36-4/h8-11,19,21-22,24-30H,2,5-7,12-16H2,1,3-4H3/t19-,21-,22+,24+,25-,26?,27-,28-,29+,30+,31-,32-/m1/s1. The third-order valence-electron chi connectivity index (χ3n) is 9.70. The predicted octanol–water partition coefficient (Wildman–Crippen LogP) is 4.71. The molecule has 43 heavy (non-hydrogen) atoms. The Bertz CT molecular complexity index is 1210. The van der Waals surface area contributed by atoms with Crippen molar-refractivity contribution < 1.29 is 47.4 Å². The first-order chi connectivity index (χ1) is 20.8. The third-order valence-corrected chi connectivity index (χ3v) is 10.0. The van der Waals surface area contributed by atoms with E-state index in [9.17, 15) is 4.79 Å². The van der Waals surface area contributed by atoms with E-state index in [1.54, 1.807) is 7.11 Å². The number of unbranched alkanes of at least 4 members (excludes halogenated alkanes) is 1. The molecule has 0 aromatic heterocycles. The number of carbonyl (C=O) groups excluding carboxylic acids is 1. The third kappa shape index (κ3) is 5.02. The molecule has 7 fully saturated rings. The van der Waals surface area contributed by atoms with Crippen LogP contribution in [0.2, 0.25) is 0 Å². The molecule has 10 nitrogen and oxygen atoms in total. The SMILES string of the molecule is C=C(CCCC)C[C@@H](Cl)C[C@]12O[C@@H]3[C@@H]4O[C@H]5CC[C@H](CC(=O)OC)O[C@@H]5[C@@H](O1)C4O[C@@]31O[C@@H](c3ccc(OC)cc3)O[C@@H]21. The lowest BCUT2D eigenvalue weighted by atomic mass is 9.85. The number of benzene rings is 1. The van der Waals surface area contributed by atoms with Crippen LogP contribution < -0.4 is 4.74 Å². The van der Waals surface area contributed by atoms with E-state index in [-0.39, 0.29) is 30.0 Å². The summed E-state index contributed by atoms with van der Waals surface area (Å²) in [6.45, 7) is 6.43. The van der Waals surface area contributed by atoms with E-state index < -0.39 is 54.5 Å². The van der Waals surface area contributed by atoms with E-state index in [0.717, 1.165) is 36.1 Å². The fourth-order valence-corrected chi connectivity index (χ4v) is 8.12. The van der Waals surface area contributed by atoms with Gasteiger partial charge in [0.05, 0.1) is 32.8 Å². The van der Waals surface area contributed by atoms with E-state index >= 15 is 0 Å². The van der Waals surface area contributed by atoms with Crippen LogP contribution in [0.1, 0.15) is 70.1 Å². The molecule has 7 saturated heterocycles. The molecule has 236 valence electrons. The summed E-state index contributed by atoms with van der Waals surface area (Å²) < 4.78 is 57.4. The van der Waals surface area contributed by atoms with Crippen molar-refractivity contribution in [3.63, 3.8) is 0 Å². The number of fused-ring (bicyclic) bond motifs is 1. The van der Waals surface area contributed by atoms with Gasteiger partial charge in [0.1, 0.15) is 36.3 Å². The van der Waals surface area contributed by atoms with Gasteiger partial charge in [-0.05, 0) is 44.2 Å². The molecule has 0 radical (unpaired) electrons. The minimum absolute atomic E-state index is 0.164. The maximum Gasteiger partial charge on any atom is 0.308 e. The van der Waals surface area contributed by atoms with Gasteiger partial charge in [0.25, 0.3) is 0 Å². The Morgan fingerprint density at radius 2 is 1.81 bits per heavy atom. The molecule has 7 heterocycles. The second-order valence-corrected chi connectivity index (χ2v) is 13.2. The summed E-state index contributed by atoms with van der Waals surface area (Å²) in [5.41, 5.74) is 1.92. The summed E-state index contributed by atoms with van der Waals surface area (Å²) in [6, 6.07) is 7.57. The van der Waals surface area contributed by atoms with Crippen molar-refractivity contribution >= 4 is 17.6 Å². The minimum atomic E-state index is -1.27. The first kappa shape index (κ1) is 29.9. The van der Waals surface area contributed by atoms with Crippen LogP contribution in [-0.2, 0) is 42.7 Å². The van der Waals surface area contributed by atoms with Gasteiger partial charge in [0.2, 0.25) is 11.6 Å². The van der Waals surface area contributed by atoms with E-state index in [1.165, 1.54) is 7.11 Å². The molecule has 1 unspecified atom stereocenters. The topological polar surface area (TPSA) is 100 Å². The van der Waals surface area contributed by atoms with Crippen LogP contribution in [-0.4, -0.2) is 86.0 Å². The van der Waals surface area contributed by atoms with Crippen molar-refractivity contribution in [1.29, 1.82) is 0 Å². The zero-order valence-corrected chi connectivity index (χ0v) is 25.7. The highest BCUT2D eigenvalue weighted by molar-refractivity contribution is 6.20. The number of methoxy groups -OCH3 is 2. The van der Waals surface area contributed by atoms with Gasteiger partial charge in [-0.15, -0.1) is 11.6 Å². The lowest BCUT2D eigenvalue weighted by Gasteiger charge is -2.47. The minimum Gasteiger partial charge on any atom is -0.497 e. The number of hydrogen-bond acceptors (Lipinski definition) is 10. The molecule has 7 aliphatic rings. The van der Waals surface area contributed by atoms with Crippen molar-refractivity contribution in [2.45, 2.75) is 130 Å². The van der Waals surface area contributed by atoms with Crippen LogP contribution in [0, 0.1) is 0 Å². The maximum atomic E-state index is 12.1. The van der Waals surface area contributed by atoms with Crippen LogP contribution in [0.3, 0.4) is 0 Å². The molecule has 6 bridgehead atoms. The fourth-order valence-electron chi connectivity index (χ4n) is 7.69. The van der Waals surface area contributed by atoms with Gasteiger partial charge in [-0.2, -0.15) is 0 Å². The predicted molar refractivity (Wildman–Crippen MR) is 153 cm³/mol. The number of esters is 1. The molecule has 1 aromatic rings. The summed E-state index contributed by atoms with van der Waals surface area (Å²) in [7, 11) is 3.01. The monoisotopic (exact) mass is 620 g/mol. The summed E-state index contributed by atoms with van der Waals surface area (Å²) in [6.07, 6.45) is 1.08. The second kappa shape index (κ2) is 11.6. The maximum absolute atomic E-state index is 12.1. The van der Waals surface area contributed by atoms with Gasteiger partial charge in [0.15, 0.2) is 12.4 Å². The van der Waals surface area contributed by atoms with E-state index in [1.807, 2.05) is 24.3 Å².